The molecule has 0 saturated heterocycles. The summed E-state index contributed by atoms with van der Waals surface area (Å²) in [4.78, 5) is 24.6. The number of carbonyl (C=O) groups is 2. The van der Waals surface area contributed by atoms with Crippen molar-refractivity contribution in [3.05, 3.63) is 59.4 Å². The number of carboxylic acids is 1. The number of carboxylic acid groups (broad SMARTS) is 1. The van der Waals surface area contributed by atoms with Crippen molar-refractivity contribution in [1.82, 2.24) is 4.57 Å². The summed E-state index contributed by atoms with van der Waals surface area (Å²) in [5.74, 6) is -4.43. The number of hydrogen-bond acceptors (Lipinski definition) is 3. The fourth-order valence-corrected chi connectivity index (χ4v) is 3.40. The van der Waals surface area contributed by atoms with Crippen molar-refractivity contribution in [1.29, 1.82) is 0 Å². The molecule has 0 unspecified atom stereocenters. The molecule has 0 saturated carbocycles. The molecular weight excluding hydrogens is 411 g/mol. The second-order valence-electron chi connectivity index (χ2n) is 8.38. The molecule has 3 rings (SSSR count). The van der Waals surface area contributed by atoms with Crippen LogP contribution in [0.25, 0.3) is 22.2 Å². The molecule has 31 heavy (non-hydrogen) atoms. The van der Waals surface area contributed by atoms with Crippen LogP contribution < -0.4 is 0 Å². The van der Waals surface area contributed by atoms with E-state index in [1.807, 2.05) is 0 Å². The van der Waals surface area contributed by atoms with E-state index in [-0.39, 0.29) is 28.6 Å². The van der Waals surface area contributed by atoms with Gasteiger partial charge in [0.2, 0.25) is 0 Å². The highest BCUT2D eigenvalue weighted by Gasteiger charge is 2.30. The smallest absolute Gasteiger partial charge is 0.419 e. The molecule has 2 aromatic carbocycles. The number of fused-ring (bicyclic) bond motifs is 1. The predicted octanol–water partition coefficient (Wildman–Crippen LogP) is 5.77. The second-order valence-corrected chi connectivity index (χ2v) is 8.38. The van der Waals surface area contributed by atoms with E-state index >= 15 is 0 Å². The van der Waals surface area contributed by atoms with Crippen molar-refractivity contribution in [2.24, 2.45) is 5.92 Å². The molecule has 1 heterocycles. The standard InChI is InChI=1S/C23H22F3NO4/c1-12(21(28)29)9-16-17-10-15(25)11-18(26)20(17)27(22(30)31-23(2,3)4)19(16)13-5-7-14(24)8-6-13/h5-8,10-12H,9H2,1-4H3,(H,28,29)/t12-/m0/s1. The zero-order chi connectivity index (χ0) is 23.1. The lowest BCUT2D eigenvalue weighted by Gasteiger charge is -2.21. The Balaban J connectivity index is 2.42. The van der Waals surface area contributed by atoms with Crippen molar-refractivity contribution >= 4 is 23.0 Å². The second kappa shape index (κ2) is 8.09. The third-order valence-electron chi connectivity index (χ3n) is 4.71. The third-order valence-corrected chi connectivity index (χ3v) is 4.71. The van der Waals surface area contributed by atoms with Gasteiger partial charge in [-0.1, -0.05) is 6.92 Å². The van der Waals surface area contributed by atoms with E-state index in [4.69, 9.17) is 4.74 Å². The Morgan fingerprint density at radius 3 is 2.23 bits per heavy atom. The Morgan fingerprint density at radius 2 is 1.68 bits per heavy atom. The number of benzene rings is 2. The van der Waals surface area contributed by atoms with Crippen LogP contribution in [0.4, 0.5) is 18.0 Å². The molecule has 1 aromatic heterocycles. The fourth-order valence-electron chi connectivity index (χ4n) is 3.40. The average molecular weight is 433 g/mol. The molecule has 0 aliphatic carbocycles. The van der Waals surface area contributed by atoms with Crippen LogP contribution >= 0.6 is 0 Å². The molecule has 0 radical (unpaired) electrons. The first kappa shape index (κ1) is 22.4. The van der Waals surface area contributed by atoms with Gasteiger partial charge in [0.25, 0.3) is 0 Å². The van der Waals surface area contributed by atoms with Crippen molar-refractivity contribution in [3.8, 4) is 11.3 Å². The van der Waals surface area contributed by atoms with Gasteiger partial charge in [0.1, 0.15) is 17.2 Å². The van der Waals surface area contributed by atoms with Gasteiger partial charge in [0, 0.05) is 11.5 Å². The predicted molar refractivity (Wildman–Crippen MR) is 109 cm³/mol. The highest BCUT2D eigenvalue weighted by atomic mass is 19.1. The number of halogens is 3. The Morgan fingerprint density at radius 1 is 1.06 bits per heavy atom. The topological polar surface area (TPSA) is 68.5 Å². The molecule has 3 aromatic rings. The van der Waals surface area contributed by atoms with Gasteiger partial charge in [-0.05, 0) is 68.7 Å². The summed E-state index contributed by atoms with van der Waals surface area (Å²) in [6.45, 7) is 6.36. The maximum absolute atomic E-state index is 14.9. The molecule has 5 nitrogen and oxygen atoms in total. The minimum Gasteiger partial charge on any atom is -0.481 e. The fraction of sp³-hybridized carbons (Fsp3) is 0.304. The Labute approximate surface area is 177 Å². The zero-order valence-corrected chi connectivity index (χ0v) is 17.5. The first-order valence-corrected chi connectivity index (χ1v) is 9.63. The van der Waals surface area contributed by atoms with Gasteiger partial charge in [-0.3, -0.25) is 4.79 Å². The summed E-state index contributed by atoms with van der Waals surface area (Å²) in [7, 11) is 0. The van der Waals surface area contributed by atoms with Crippen LogP contribution in [0.2, 0.25) is 0 Å². The number of aromatic nitrogens is 1. The van der Waals surface area contributed by atoms with Crippen LogP contribution in [0.5, 0.6) is 0 Å². The molecule has 0 aliphatic rings. The van der Waals surface area contributed by atoms with Gasteiger partial charge >= 0.3 is 12.1 Å². The Bertz CT molecular complexity index is 1160. The van der Waals surface area contributed by atoms with Crippen molar-refractivity contribution < 1.29 is 32.6 Å². The quantitative estimate of drug-likeness (QED) is 0.567. The third kappa shape index (κ3) is 4.57. The summed E-state index contributed by atoms with van der Waals surface area (Å²) in [6.07, 6.45) is -1.03. The summed E-state index contributed by atoms with van der Waals surface area (Å²) >= 11 is 0. The molecule has 164 valence electrons. The van der Waals surface area contributed by atoms with Gasteiger partial charge in [-0.15, -0.1) is 0 Å². The van der Waals surface area contributed by atoms with Gasteiger partial charge in [-0.25, -0.2) is 22.5 Å². The van der Waals surface area contributed by atoms with Crippen molar-refractivity contribution in [2.45, 2.75) is 39.7 Å². The van der Waals surface area contributed by atoms with Crippen LogP contribution in [0.15, 0.2) is 36.4 Å². The van der Waals surface area contributed by atoms with E-state index in [1.54, 1.807) is 20.8 Å². The number of carbonyl (C=O) groups excluding carboxylic acids is 1. The van der Waals surface area contributed by atoms with Gasteiger partial charge in [0.05, 0.1) is 17.1 Å². The van der Waals surface area contributed by atoms with E-state index in [0.717, 1.165) is 22.8 Å². The number of ether oxygens (including phenoxy) is 1. The lowest BCUT2D eigenvalue weighted by atomic mass is 9.96. The SMILES string of the molecule is C[C@@H](Cc1c(-c2ccc(F)cc2)n(C(=O)OC(C)(C)C)c2c(F)cc(F)cc12)C(=O)O. The van der Waals surface area contributed by atoms with Crippen LogP contribution in [0.1, 0.15) is 33.3 Å². The Hall–Kier alpha value is -3.29. The van der Waals surface area contributed by atoms with Crippen molar-refractivity contribution in [3.63, 3.8) is 0 Å². The summed E-state index contributed by atoms with van der Waals surface area (Å²) < 4.78 is 49.0. The molecule has 0 spiro atoms. The van der Waals surface area contributed by atoms with Crippen molar-refractivity contribution in [2.75, 3.05) is 0 Å². The van der Waals surface area contributed by atoms with Gasteiger partial charge in [-0.2, -0.15) is 0 Å². The molecule has 0 amide bonds. The number of rotatable bonds is 4. The monoisotopic (exact) mass is 433 g/mol. The van der Waals surface area contributed by atoms with E-state index in [1.165, 1.54) is 19.1 Å². The van der Waals surface area contributed by atoms with Crippen LogP contribution in [-0.2, 0) is 16.0 Å². The zero-order valence-electron chi connectivity index (χ0n) is 17.5. The molecule has 0 bridgehead atoms. The molecule has 0 aliphatic heterocycles. The normalized spacial score (nSPS) is 12.7. The minimum atomic E-state index is -1.11. The van der Waals surface area contributed by atoms with E-state index in [2.05, 4.69) is 0 Å². The lowest BCUT2D eigenvalue weighted by Crippen LogP contribution is -2.27. The minimum absolute atomic E-state index is 0.0517. The van der Waals surface area contributed by atoms with E-state index in [9.17, 15) is 27.9 Å². The summed E-state index contributed by atoms with van der Waals surface area (Å²) in [6, 6.07) is 6.78. The maximum atomic E-state index is 14.9. The van der Waals surface area contributed by atoms with E-state index < -0.39 is 41.0 Å². The molecule has 1 atom stereocenters. The van der Waals surface area contributed by atoms with Crippen LogP contribution in [-0.4, -0.2) is 27.3 Å². The first-order chi connectivity index (χ1) is 14.4. The average Bonchev–Trinajstić information content (AvgIpc) is 2.95. The summed E-state index contributed by atoms with van der Waals surface area (Å²) in [5, 5.41) is 9.45. The lowest BCUT2D eigenvalue weighted by molar-refractivity contribution is -0.141. The molecule has 0 fully saturated rings. The number of hydrogen-bond donors (Lipinski definition) is 1. The molecule has 1 N–H and O–H groups in total. The first-order valence-electron chi connectivity index (χ1n) is 9.63. The van der Waals surface area contributed by atoms with Gasteiger partial charge < -0.3 is 9.84 Å². The number of aliphatic carboxylic acids is 1. The number of nitrogens with zero attached hydrogens (tertiary/aromatic N) is 1. The molecular formula is C23H22F3NO4. The van der Waals surface area contributed by atoms with Crippen LogP contribution in [0, 0.1) is 23.4 Å². The maximum Gasteiger partial charge on any atom is 0.419 e. The summed E-state index contributed by atoms with van der Waals surface area (Å²) in [5.41, 5.74) is -0.445. The molecule has 8 heteroatoms. The Kier molecular flexibility index (Phi) is 5.85. The van der Waals surface area contributed by atoms with Crippen LogP contribution in [0.3, 0.4) is 0 Å². The largest absolute Gasteiger partial charge is 0.481 e. The van der Waals surface area contributed by atoms with E-state index in [0.29, 0.717) is 11.6 Å². The highest BCUT2D eigenvalue weighted by molar-refractivity contribution is 6.00. The van der Waals surface area contributed by atoms with Gasteiger partial charge in [0.15, 0.2) is 5.82 Å². The highest BCUT2D eigenvalue weighted by Crippen LogP contribution is 2.38.